The summed E-state index contributed by atoms with van der Waals surface area (Å²) >= 11 is 0. The van der Waals surface area contributed by atoms with Crippen LogP contribution in [0.1, 0.15) is 30.0 Å². The zero-order valence-corrected chi connectivity index (χ0v) is 14.0. The molecular formula is C18H22N4O. The first-order chi connectivity index (χ1) is 10.9. The molecule has 1 aromatic heterocycles. The molecule has 0 bridgehead atoms. The Bertz CT molecular complexity index is 839. The van der Waals surface area contributed by atoms with Crippen LogP contribution in [0.2, 0.25) is 0 Å². The topological polar surface area (TPSA) is 75.2 Å². The van der Waals surface area contributed by atoms with Crippen LogP contribution in [0.25, 0.3) is 16.5 Å². The van der Waals surface area contributed by atoms with Crippen molar-refractivity contribution in [2.45, 2.75) is 20.3 Å². The lowest BCUT2D eigenvalue weighted by Crippen LogP contribution is -2.08. The zero-order valence-electron chi connectivity index (χ0n) is 14.0. The van der Waals surface area contributed by atoms with Gasteiger partial charge >= 0.3 is 0 Å². The van der Waals surface area contributed by atoms with Crippen molar-refractivity contribution < 1.29 is 4.74 Å². The molecule has 0 saturated carbocycles. The van der Waals surface area contributed by atoms with Crippen LogP contribution in [0.5, 0.6) is 5.75 Å². The number of aromatic nitrogens is 1. The van der Waals surface area contributed by atoms with Crippen molar-refractivity contribution in [1.29, 1.82) is 5.41 Å². The SMILES string of the molecule is COc1cc(C)c2nc(N)c(C(C)=N)c(C3=CN(C)CC3)c2c1. The Labute approximate surface area is 136 Å². The lowest BCUT2D eigenvalue weighted by atomic mass is 9.92. The van der Waals surface area contributed by atoms with Gasteiger partial charge in [0.25, 0.3) is 0 Å². The van der Waals surface area contributed by atoms with E-state index < -0.39 is 0 Å². The quantitative estimate of drug-likeness (QED) is 0.854. The van der Waals surface area contributed by atoms with Gasteiger partial charge in [0.2, 0.25) is 0 Å². The summed E-state index contributed by atoms with van der Waals surface area (Å²) < 4.78 is 5.43. The molecule has 1 aromatic carbocycles. The van der Waals surface area contributed by atoms with Gasteiger partial charge in [-0.1, -0.05) is 0 Å². The summed E-state index contributed by atoms with van der Waals surface area (Å²) in [6, 6.07) is 3.96. The molecule has 0 atom stereocenters. The van der Waals surface area contributed by atoms with Crippen molar-refractivity contribution in [3.8, 4) is 5.75 Å². The normalized spacial score (nSPS) is 14.3. The van der Waals surface area contributed by atoms with Crippen LogP contribution in [0.4, 0.5) is 5.82 Å². The molecule has 0 fully saturated rings. The van der Waals surface area contributed by atoms with E-state index >= 15 is 0 Å². The summed E-state index contributed by atoms with van der Waals surface area (Å²) in [5, 5.41) is 9.17. The maximum atomic E-state index is 8.17. The highest BCUT2D eigenvalue weighted by Gasteiger charge is 2.22. The Hall–Kier alpha value is -2.56. The van der Waals surface area contributed by atoms with E-state index in [0.29, 0.717) is 11.5 Å². The summed E-state index contributed by atoms with van der Waals surface area (Å²) in [7, 11) is 3.72. The first-order valence-electron chi connectivity index (χ1n) is 7.67. The third-order valence-electron chi connectivity index (χ3n) is 4.32. The minimum absolute atomic E-state index is 0.420. The molecule has 0 aliphatic carbocycles. The zero-order chi connectivity index (χ0) is 16.7. The van der Waals surface area contributed by atoms with Gasteiger partial charge in [0.1, 0.15) is 11.6 Å². The lowest BCUT2D eigenvalue weighted by Gasteiger charge is -2.17. The molecule has 3 N–H and O–H groups in total. The van der Waals surface area contributed by atoms with Crippen LogP contribution in [0.3, 0.4) is 0 Å². The lowest BCUT2D eigenvalue weighted by molar-refractivity contribution is 0.415. The summed E-state index contributed by atoms with van der Waals surface area (Å²) in [5.74, 6) is 1.21. The minimum Gasteiger partial charge on any atom is -0.497 e. The molecule has 23 heavy (non-hydrogen) atoms. The van der Waals surface area contributed by atoms with Crippen LogP contribution >= 0.6 is 0 Å². The molecule has 0 amide bonds. The highest BCUT2D eigenvalue weighted by atomic mass is 16.5. The van der Waals surface area contributed by atoms with E-state index in [2.05, 4.69) is 23.1 Å². The monoisotopic (exact) mass is 310 g/mol. The van der Waals surface area contributed by atoms with Gasteiger partial charge in [-0.2, -0.15) is 0 Å². The largest absolute Gasteiger partial charge is 0.497 e. The number of hydrogen-bond acceptors (Lipinski definition) is 5. The smallest absolute Gasteiger partial charge is 0.133 e. The van der Waals surface area contributed by atoms with Crippen LogP contribution in [-0.2, 0) is 0 Å². The number of hydrogen-bond donors (Lipinski definition) is 2. The van der Waals surface area contributed by atoms with E-state index in [1.54, 1.807) is 14.0 Å². The number of nitrogens with one attached hydrogen (secondary N) is 1. The average Bonchev–Trinajstić information content (AvgIpc) is 2.92. The van der Waals surface area contributed by atoms with Crippen molar-refractivity contribution in [1.82, 2.24) is 9.88 Å². The van der Waals surface area contributed by atoms with E-state index in [9.17, 15) is 0 Å². The molecular weight excluding hydrogens is 288 g/mol. The second-order valence-corrected chi connectivity index (χ2v) is 6.10. The van der Waals surface area contributed by atoms with Gasteiger partial charge in [0.15, 0.2) is 0 Å². The number of pyridine rings is 1. The number of nitrogens with zero attached hydrogens (tertiary/aromatic N) is 2. The molecule has 0 saturated heterocycles. The molecule has 0 spiro atoms. The molecule has 120 valence electrons. The first kappa shape index (κ1) is 15.3. The van der Waals surface area contributed by atoms with Gasteiger partial charge in [0, 0.05) is 42.0 Å². The predicted molar refractivity (Wildman–Crippen MR) is 95.2 cm³/mol. The van der Waals surface area contributed by atoms with Crippen LogP contribution in [0.15, 0.2) is 18.3 Å². The predicted octanol–water partition coefficient (Wildman–Crippen LogP) is 3.20. The van der Waals surface area contributed by atoms with Gasteiger partial charge in [-0.3, -0.25) is 0 Å². The maximum absolute atomic E-state index is 8.17. The fourth-order valence-corrected chi connectivity index (χ4v) is 3.24. The molecule has 5 heteroatoms. The highest BCUT2D eigenvalue weighted by Crippen LogP contribution is 2.37. The molecule has 0 radical (unpaired) electrons. The standard InChI is InChI=1S/C18H22N4O/c1-10-7-13(23-4)8-14-16(12-5-6-22(3)9-12)15(11(2)19)18(20)21-17(10)14/h7-9,19H,5-6H2,1-4H3,(H2,20,21). The molecule has 1 aliphatic heterocycles. The van der Waals surface area contributed by atoms with Crippen LogP contribution in [0, 0.1) is 12.3 Å². The number of aryl methyl sites for hydroxylation is 1. The summed E-state index contributed by atoms with van der Waals surface area (Å²) in [6.07, 6.45) is 3.07. The number of nitrogens with two attached hydrogens (primary N) is 1. The fraction of sp³-hybridized carbons (Fsp3) is 0.333. The number of fused-ring (bicyclic) bond motifs is 1. The van der Waals surface area contributed by atoms with Crippen molar-refractivity contribution in [2.75, 3.05) is 26.4 Å². The number of rotatable bonds is 3. The van der Waals surface area contributed by atoms with Crippen molar-refractivity contribution >= 4 is 28.0 Å². The van der Waals surface area contributed by atoms with Gasteiger partial charge in [-0.25, -0.2) is 4.98 Å². The Morgan fingerprint density at radius 1 is 1.39 bits per heavy atom. The maximum Gasteiger partial charge on any atom is 0.133 e. The Morgan fingerprint density at radius 3 is 2.70 bits per heavy atom. The van der Waals surface area contributed by atoms with Crippen LogP contribution in [-0.4, -0.2) is 36.3 Å². The molecule has 3 rings (SSSR count). The average molecular weight is 310 g/mol. The van der Waals surface area contributed by atoms with Crippen molar-refractivity contribution in [2.24, 2.45) is 0 Å². The second kappa shape index (κ2) is 5.57. The van der Waals surface area contributed by atoms with Gasteiger partial charge in [-0.15, -0.1) is 0 Å². The number of ether oxygens (including phenoxy) is 1. The van der Waals surface area contributed by atoms with Gasteiger partial charge < -0.3 is 20.8 Å². The summed E-state index contributed by atoms with van der Waals surface area (Å²) in [5.41, 5.74) is 11.5. The van der Waals surface area contributed by atoms with Crippen molar-refractivity contribution in [3.05, 3.63) is 35.0 Å². The Kier molecular flexibility index (Phi) is 3.72. The molecule has 1 aliphatic rings. The highest BCUT2D eigenvalue weighted by molar-refractivity contribution is 6.11. The molecule has 5 nitrogen and oxygen atoms in total. The van der Waals surface area contributed by atoms with Gasteiger partial charge in [0.05, 0.1) is 12.6 Å². The molecule has 2 heterocycles. The fourth-order valence-electron chi connectivity index (χ4n) is 3.24. The van der Waals surface area contributed by atoms with E-state index in [4.69, 9.17) is 15.9 Å². The second-order valence-electron chi connectivity index (χ2n) is 6.10. The summed E-state index contributed by atoms with van der Waals surface area (Å²) in [6.45, 7) is 4.74. The van der Waals surface area contributed by atoms with Gasteiger partial charge in [-0.05, 0) is 43.5 Å². The van der Waals surface area contributed by atoms with E-state index in [0.717, 1.165) is 46.3 Å². The number of methoxy groups -OCH3 is 1. The first-order valence-corrected chi connectivity index (χ1v) is 7.67. The van der Waals surface area contributed by atoms with E-state index in [-0.39, 0.29) is 0 Å². The number of benzene rings is 1. The molecule has 0 unspecified atom stereocenters. The Morgan fingerprint density at radius 2 is 2.13 bits per heavy atom. The Balaban J connectivity index is 2.44. The number of nitrogen functional groups attached to an aromatic ring is 1. The molecule has 2 aromatic rings. The number of anilines is 1. The van der Waals surface area contributed by atoms with Crippen molar-refractivity contribution in [3.63, 3.8) is 0 Å². The minimum atomic E-state index is 0.420. The van der Waals surface area contributed by atoms with E-state index in [1.807, 2.05) is 19.1 Å². The third kappa shape index (κ3) is 2.52. The van der Waals surface area contributed by atoms with Crippen LogP contribution < -0.4 is 10.5 Å². The third-order valence-corrected chi connectivity index (χ3v) is 4.32. The summed E-state index contributed by atoms with van der Waals surface area (Å²) in [4.78, 5) is 6.72. The van der Waals surface area contributed by atoms with E-state index in [1.165, 1.54) is 5.57 Å².